The maximum Gasteiger partial charge on any atom is 0.226 e. The van der Waals surface area contributed by atoms with E-state index in [1.54, 1.807) is 6.20 Å². The molecule has 0 amide bonds. The number of nitrogens with two attached hydrogens (primary N) is 1. The van der Waals surface area contributed by atoms with E-state index in [9.17, 15) is 0 Å². The quantitative estimate of drug-likeness (QED) is 0.582. The summed E-state index contributed by atoms with van der Waals surface area (Å²) in [5, 5.41) is 15.6. The molecule has 1 aromatic heterocycles. The molecule has 0 bridgehead atoms. The fraction of sp³-hybridized carbons (Fsp3) is 0.125. The molecule has 3 N–H and O–H groups in total. The molecule has 0 saturated carbocycles. The van der Waals surface area contributed by atoms with E-state index < -0.39 is 0 Å². The minimum Gasteiger partial charge on any atom is -0.382 e. The largest absolute Gasteiger partial charge is 0.382 e. The Kier molecular flexibility index (Phi) is 1.91. The zero-order valence-electron chi connectivity index (χ0n) is 7.31. The SMILES string of the molecule is N#Cc1cnn(C2=NC=CCN2)c1N. The number of hydrogen-bond donors (Lipinski definition) is 2. The number of anilines is 1. The minimum absolute atomic E-state index is 0.300. The van der Waals surface area contributed by atoms with Crippen molar-refractivity contribution in [2.45, 2.75) is 0 Å². The number of aromatic nitrogens is 2. The van der Waals surface area contributed by atoms with Gasteiger partial charge in [0.2, 0.25) is 5.96 Å². The molecule has 6 heteroatoms. The summed E-state index contributed by atoms with van der Waals surface area (Å²) in [6.07, 6.45) is 4.95. The highest BCUT2D eigenvalue weighted by Gasteiger charge is 2.11. The third-order valence-electron chi connectivity index (χ3n) is 1.81. The first-order valence-electron chi connectivity index (χ1n) is 4.03. The topological polar surface area (TPSA) is 92.0 Å². The fourth-order valence-corrected chi connectivity index (χ4v) is 1.11. The van der Waals surface area contributed by atoms with Crippen LogP contribution in [0, 0.1) is 11.3 Å². The van der Waals surface area contributed by atoms with Crippen LogP contribution in [0.4, 0.5) is 5.82 Å². The normalized spacial score (nSPS) is 14.4. The lowest BCUT2D eigenvalue weighted by atomic mass is 10.4. The van der Waals surface area contributed by atoms with Crippen LogP contribution in [0.3, 0.4) is 0 Å². The van der Waals surface area contributed by atoms with Crippen molar-refractivity contribution in [2.24, 2.45) is 4.99 Å². The second-order valence-corrected chi connectivity index (χ2v) is 2.69. The Hall–Kier alpha value is -2.29. The molecule has 0 atom stereocenters. The molecule has 6 nitrogen and oxygen atoms in total. The molecule has 0 aromatic carbocycles. The van der Waals surface area contributed by atoms with Crippen LogP contribution in [0.25, 0.3) is 0 Å². The van der Waals surface area contributed by atoms with E-state index in [4.69, 9.17) is 11.0 Å². The number of nitrogen functional groups attached to an aromatic ring is 1. The number of nitriles is 1. The first-order valence-corrected chi connectivity index (χ1v) is 4.03. The Balaban J connectivity index is 2.42. The molecule has 0 saturated heterocycles. The van der Waals surface area contributed by atoms with Gasteiger partial charge in [-0.15, -0.1) is 0 Å². The average molecular weight is 188 g/mol. The van der Waals surface area contributed by atoms with Gasteiger partial charge in [0.1, 0.15) is 17.5 Å². The first-order chi connectivity index (χ1) is 6.83. The van der Waals surface area contributed by atoms with Gasteiger partial charge < -0.3 is 11.1 Å². The molecule has 0 fully saturated rings. The monoisotopic (exact) mass is 188 g/mol. The van der Waals surface area contributed by atoms with E-state index in [1.165, 1.54) is 10.9 Å². The summed E-state index contributed by atoms with van der Waals surface area (Å²) >= 11 is 0. The molecular weight excluding hydrogens is 180 g/mol. The van der Waals surface area contributed by atoms with Gasteiger partial charge in [0, 0.05) is 12.7 Å². The molecule has 1 aromatic rings. The molecule has 1 aliphatic heterocycles. The summed E-state index contributed by atoms with van der Waals surface area (Å²) in [4.78, 5) is 4.04. The maximum atomic E-state index is 8.67. The zero-order chi connectivity index (χ0) is 9.97. The summed E-state index contributed by atoms with van der Waals surface area (Å²) in [5.74, 6) is 0.834. The first kappa shape index (κ1) is 8.31. The van der Waals surface area contributed by atoms with Crippen LogP contribution >= 0.6 is 0 Å². The van der Waals surface area contributed by atoms with Gasteiger partial charge in [-0.3, -0.25) is 0 Å². The van der Waals surface area contributed by atoms with Crippen molar-refractivity contribution in [1.29, 1.82) is 5.26 Å². The molecular formula is C8H8N6. The van der Waals surface area contributed by atoms with Gasteiger partial charge in [-0.2, -0.15) is 15.0 Å². The zero-order valence-corrected chi connectivity index (χ0v) is 7.31. The third-order valence-corrected chi connectivity index (χ3v) is 1.81. The predicted octanol–water partition coefficient (Wildman–Crippen LogP) is -0.342. The number of nitrogens with one attached hydrogen (secondary N) is 1. The van der Waals surface area contributed by atoms with E-state index in [0.29, 0.717) is 23.9 Å². The van der Waals surface area contributed by atoms with Crippen molar-refractivity contribution in [3.8, 4) is 6.07 Å². The molecule has 2 rings (SSSR count). The van der Waals surface area contributed by atoms with Crippen LogP contribution < -0.4 is 11.1 Å². The van der Waals surface area contributed by atoms with Crippen LogP contribution in [0.1, 0.15) is 5.56 Å². The lowest BCUT2D eigenvalue weighted by Gasteiger charge is -2.10. The van der Waals surface area contributed by atoms with E-state index in [1.807, 2.05) is 12.1 Å². The van der Waals surface area contributed by atoms with E-state index >= 15 is 0 Å². The highest BCUT2D eigenvalue weighted by Crippen LogP contribution is 2.08. The molecule has 70 valence electrons. The van der Waals surface area contributed by atoms with Gasteiger partial charge in [0.15, 0.2) is 0 Å². The summed E-state index contributed by atoms with van der Waals surface area (Å²) < 4.78 is 1.40. The molecule has 14 heavy (non-hydrogen) atoms. The van der Waals surface area contributed by atoms with Crippen molar-refractivity contribution >= 4 is 11.8 Å². The van der Waals surface area contributed by atoms with Crippen LogP contribution in [0.5, 0.6) is 0 Å². The molecule has 0 aliphatic carbocycles. The highest BCUT2D eigenvalue weighted by atomic mass is 15.4. The molecule has 0 unspecified atom stereocenters. The van der Waals surface area contributed by atoms with Gasteiger partial charge in [-0.1, -0.05) is 0 Å². The molecule has 1 aliphatic rings. The van der Waals surface area contributed by atoms with Crippen molar-refractivity contribution in [1.82, 2.24) is 15.1 Å². The summed E-state index contributed by atoms with van der Waals surface area (Å²) in [6, 6.07) is 1.95. The smallest absolute Gasteiger partial charge is 0.226 e. The van der Waals surface area contributed by atoms with E-state index in [-0.39, 0.29) is 0 Å². The predicted molar refractivity (Wildman–Crippen MR) is 51.3 cm³/mol. The summed E-state index contributed by atoms with van der Waals surface area (Å²) in [5.41, 5.74) is 6.03. The number of rotatable bonds is 0. The molecule has 0 radical (unpaired) electrons. The minimum atomic E-state index is 0.300. The number of hydrogen-bond acceptors (Lipinski definition) is 5. The second-order valence-electron chi connectivity index (χ2n) is 2.69. The molecule has 2 heterocycles. The van der Waals surface area contributed by atoms with Gasteiger partial charge in [0.25, 0.3) is 0 Å². The van der Waals surface area contributed by atoms with Crippen molar-refractivity contribution in [3.05, 3.63) is 24.0 Å². The highest BCUT2D eigenvalue weighted by molar-refractivity contribution is 5.86. The Morgan fingerprint density at radius 2 is 2.50 bits per heavy atom. The van der Waals surface area contributed by atoms with Crippen molar-refractivity contribution < 1.29 is 0 Å². The van der Waals surface area contributed by atoms with Crippen molar-refractivity contribution in [2.75, 3.05) is 12.3 Å². The molecule has 0 spiro atoms. The number of nitrogens with zero attached hydrogens (tertiary/aromatic N) is 4. The van der Waals surface area contributed by atoms with Crippen LogP contribution in [-0.4, -0.2) is 22.3 Å². The third kappa shape index (κ3) is 1.21. The Labute approximate surface area is 80.3 Å². The maximum absolute atomic E-state index is 8.67. The summed E-state index contributed by atoms with van der Waals surface area (Å²) in [6.45, 7) is 0.681. The van der Waals surface area contributed by atoms with E-state index in [2.05, 4.69) is 15.4 Å². The van der Waals surface area contributed by atoms with Crippen LogP contribution in [-0.2, 0) is 0 Å². The standard InChI is InChI=1S/C8H8N6/c9-4-6-5-13-14(7(6)10)8-11-2-1-3-12-8/h1-2,5H,3,10H2,(H,11,12). The Morgan fingerprint density at radius 1 is 1.64 bits per heavy atom. The van der Waals surface area contributed by atoms with Crippen molar-refractivity contribution in [3.63, 3.8) is 0 Å². The summed E-state index contributed by atoms with van der Waals surface area (Å²) in [7, 11) is 0. The van der Waals surface area contributed by atoms with Crippen LogP contribution in [0.2, 0.25) is 0 Å². The van der Waals surface area contributed by atoms with Crippen LogP contribution in [0.15, 0.2) is 23.5 Å². The lowest BCUT2D eigenvalue weighted by Crippen LogP contribution is -2.33. The van der Waals surface area contributed by atoms with Gasteiger partial charge in [0.05, 0.1) is 6.20 Å². The second kappa shape index (κ2) is 3.22. The Bertz CT molecular complexity index is 447. The van der Waals surface area contributed by atoms with E-state index in [0.717, 1.165) is 0 Å². The average Bonchev–Trinajstić information content (AvgIpc) is 2.61. The lowest BCUT2D eigenvalue weighted by molar-refractivity contribution is 0.852. The van der Waals surface area contributed by atoms with Gasteiger partial charge >= 0.3 is 0 Å². The van der Waals surface area contributed by atoms with Gasteiger partial charge in [-0.05, 0) is 6.08 Å². The Morgan fingerprint density at radius 3 is 3.07 bits per heavy atom. The van der Waals surface area contributed by atoms with Gasteiger partial charge in [-0.25, -0.2) is 4.99 Å². The number of aliphatic imine (C=N–C) groups is 1. The fourth-order valence-electron chi connectivity index (χ4n) is 1.11.